The second-order valence-electron chi connectivity index (χ2n) is 6.00. The first-order valence-corrected chi connectivity index (χ1v) is 6.82. The van der Waals surface area contributed by atoms with E-state index in [1.165, 1.54) is 0 Å². The van der Waals surface area contributed by atoms with Crippen LogP contribution in [0.5, 0.6) is 0 Å². The van der Waals surface area contributed by atoms with E-state index in [1.807, 2.05) is 18.7 Å². The fraction of sp³-hybridized carbons (Fsp3) is 0.750. The van der Waals surface area contributed by atoms with Crippen molar-refractivity contribution in [1.29, 1.82) is 0 Å². The number of nitrogens with zero attached hydrogens (tertiary/aromatic N) is 4. The predicted molar refractivity (Wildman–Crippen MR) is 70.7 cm³/mol. The summed E-state index contributed by atoms with van der Waals surface area (Å²) in [5.41, 5.74) is 5.34. The van der Waals surface area contributed by atoms with Gasteiger partial charge in [0, 0.05) is 26.2 Å². The Kier molecular flexibility index (Phi) is 3.14. The summed E-state index contributed by atoms with van der Waals surface area (Å²) in [6.45, 7) is 7.37. The third-order valence-corrected chi connectivity index (χ3v) is 3.72. The van der Waals surface area contributed by atoms with Crippen molar-refractivity contribution in [1.82, 2.24) is 25.3 Å². The van der Waals surface area contributed by atoms with Gasteiger partial charge < -0.3 is 20.5 Å². The maximum atomic E-state index is 11.5. The fourth-order valence-corrected chi connectivity index (χ4v) is 2.58. The van der Waals surface area contributed by atoms with Crippen LogP contribution in [0.2, 0.25) is 0 Å². The number of amides is 2. The molecular formula is C12H20N6O2. The molecule has 2 aliphatic heterocycles. The van der Waals surface area contributed by atoms with E-state index in [4.69, 9.17) is 10.3 Å². The van der Waals surface area contributed by atoms with Crippen LogP contribution in [-0.2, 0) is 12.1 Å². The van der Waals surface area contributed by atoms with E-state index in [0.29, 0.717) is 24.8 Å². The largest absolute Gasteiger partial charge is 0.338 e. The van der Waals surface area contributed by atoms with Crippen molar-refractivity contribution in [2.45, 2.75) is 32.0 Å². The summed E-state index contributed by atoms with van der Waals surface area (Å²) in [4.78, 5) is 20.0. The lowest BCUT2D eigenvalue weighted by atomic mass is 10.1. The third-order valence-electron chi connectivity index (χ3n) is 3.72. The number of aromatic nitrogens is 2. The smallest absolute Gasteiger partial charge is 0.317 e. The molecule has 1 aromatic rings. The van der Waals surface area contributed by atoms with Gasteiger partial charge in [-0.25, -0.2) is 4.79 Å². The van der Waals surface area contributed by atoms with Gasteiger partial charge in [-0.05, 0) is 13.8 Å². The van der Waals surface area contributed by atoms with Crippen LogP contribution < -0.4 is 11.1 Å². The predicted octanol–water partition coefficient (Wildman–Crippen LogP) is -0.527. The van der Waals surface area contributed by atoms with Gasteiger partial charge in [0.05, 0.1) is 18.1 Å². The van der Waals surface area contributed by atoms with Gasteiger partial charge in [-0.2, -0.15) is 4.98 Å². The molecule has 3 N–H and O–H groups in total. The molecule has 20 heavy (non-hydrogen) atoms. The summed E-state index contributed by atoms with van der Waals surface area (Å²) >= 11 is 0. The maximum Gasteiger partial charge on any atom is 0.317 e. The van der Waals surface area contributed by atoms with E-state index in [1.54, 1.807) is 0 Å². The first kappa shape index (κ1) is 13.3. The van der Waals surface area contributed by atoms with Crippen LogP contribution in [-0.4, -0.2) is 58.2 Å². The summed E-state index contributed by atoms with van der Waals surface area (Å²) in [5, 5.41) is 6.78. The Morgan fingerprint density at radius 2 is 2.30 bits per heavy atom. The average molecular weight is 280 g/mol. The number of nitrogens with one attached hydrogen (secondary N) is 1. The average Bonchev–Trinajstić information content (AvgIpc) is 2.97. The molecule has 3 rings (SSSR count). The zero-order valence-electron chi connectivity index (χ0n) is 11.8. The van der Waals surface area contributed by atoms with Gasteiger partial charge in [-0.1, -0.05) is 5.16 Å². The van der Waals surface area contributed by atoms with Crippen LogP contribution in [0.1, 0.15) is 25.6 Å². The molecular weight excluding hydrogens is 260 g/mol. The lowest BCUT2D eigenvalue weighted by Crippen LogP contribution is -2.51. The molecule has 0 radical (unpaired) electrons. The molecule has 0 spiro atoms. The summed E-state index contributed by atoms with van der Waals surface area (Å²) in [5.74, 6) is 1.09. The van der Waals surface area contributed by atoms with Crippen LogP contribution in [0.15, 0.2) is 4.52 Å². The lowest BCUT2D eigenvalue weighted by molar-refractivity contribution is 0.108. The highest BCUT2D eigenvalue weighted by atomic mass is 16.5. The van der Waals surface area contributed by atoms with Crippen LogP contribution in [0.3, 0.4) is 0 Å². The quantitative estimate of drug-likeness (QED) is 0.772. The molecule has 3 heterocycles. The van der Waals surface area contributed by atoms with Crippen LogP contribution in [0.25, 0.3) is 0 Å². The van der Waals surface area contributed by atoms with E-state index in [0.717, 1.165) is 19.6 Å². The lowest BCUT2D eigenvalue weighted by Gasteiger charge is -2.35. The second kappa shape index (κ2) is 4.71. The fourth-order valence-electron chi connectivity index (χ4n) is 2.58. The number of nitrogens with two attached hydrogens (primary N) is 1. The molecule has 2 fully saturated rings. The Labute approximate surface area is 117 Å². The minimum absolute atomic E-state index is 0.0413. The monoisotopic (exact) mass is 280 g/mol. The number of hydrogen-bond donors (Lipinski definition) is 2. The van der Waals surface area contributed by atoms with E-state index < -0.39 is 5.54 Å². The molecule has 0 saturated carbocycles. The molecule has 0 bridgehead atoms. The van der Waals surface area contributed by atoms with Gasteiger partial charge in [0.15, 0.2) is 5.82 Å². The highest BCUT2D eigenvalue weighted by Crippen LogP contribution is 2.17. The number of urea groups is 1. The molecule has 1 aromatic heterocycles. The van der Waals surface area contributed by atoms with Crippen LogP contribution >= 0.6 is 0 Å². The van der Waals surface area contributed by atoms with E-state index in [2.05, 4.69) is 20.4 Å². The SMILES string of the molecule is CC(C)(N)c1noc(CN2CCN3C(=O)NCC3C2)n1. The maximum absolute atomic E-state index is 11.5. The number of fused-ring (bicyclic) bond motifs is 1. The minimum Gasteiger partial charge on any atom is -0.338 e. The molecule has 8 heteroatoms. The number of piperazine rings is 1. The highest BCUT2D eigenvalue weighted by molar-refractivity contribution is 5.77. The Morgan fingerprint density at radius 1 is 1.50 bits per heavy atom. The molecule has 1 atom stereocenters. The molecule has 2 saturated heterocycles. The summed E-state index contributed by atoms with van der Waals surface area (Å²) in [7, 11) is 0. The zero-order valence-corrected chi connectivity index (χ0v) is 11.8. The zero-order chi connectivity index (χ0) is 14.3. The number of carbonyl (C=O) groups excluding carboxylic acids is 1. The van der Waals surface area contributed by atoms with Crippen molar-refractivity contribution in [3.8, 4) is 0 Å². The van der Waals surface area contributed by atoms with Crippen LogP contribution in [0.4, 0.5) is 4.79 Å². The first-order valence-electron chi connectivity index (χ1n) is 6.82. The van der Waals surface area contributed by atoms with E-state index >= 15 is 0 Å². The van der Waals surface area contributed by atoms with Crippen LogP contribution in [0, 0.1) is 0 Å². The molecule has 0 aromatic carbocycles. The number of hydrogen-bond acceptors (Lipinski definition) is 6. The van der Waals surface area contributed by atoms with Crippen molar-refractivity contribution in [2.75, 3.05) is 26.2 Å². The summed E-state index contributed by atoms with van der Waals surface area (Å²) in [6.07, 6.45) is 0. The highest BCUT2D eigenvalue weighted by Gasteiger charge is 2.35. The first-order chi connectivity index (χ1) is 9.43. The van der Waals surface area contributed by atoms with Gasteiger partial charge in [-0.3, -0.25) is 4.90 Å². The topological polar surface area (TPSA) is 101 Å². The molecule has 110 valence electrons. The Balaban J connectivity index is 1.62. The van der Waals surface area contributed by atoms with Gasteiger partial charge in [-0.15, -0.1) is 0 Å². The van der Waals surface area contributed by atoms with Gasteiger partial charge in [0.2, 0.25) is 5.89 Å². The second-order valence-corrected chi connectivity index (χ2v) is 6.00. The Morgan fingerprint density at radius 3 is 3.00 bits per heavy atom. The standard InChI is InChI=1S/C12H20N6O2/c1-12(2,13)10-15-9(20-16-10)7-17-3-4-18-8(6-17)5-14-11(18)19/h8H,3-7,13H2,1-2H3,(H,14,19). The summed E-state index contributed by atoms with van der Waals surface area (Å²) in [6, 6.07) is 0.282. The Bertz CT molecular complexity index is 508. The van der Waals surface area contributed by atoms with Gasteiger partial charge >= 0.3 is 6.03 Å². The van der Waals surface area contributed by atoms with Crippen molar-refractivity contribution < 1.29 is 9.32 Å². The number of rotatable bonds is 3. The molecule has 1 unspecified atom stereocenters. The van der Waals surface area contributed by atoms with Crippen molar-refractivity contribution in [3.05, 3.63) is 11.7 Å². The number of carbonyl (C=O) groups is 1. The van der Waals surface area contributed by atoms with Crippen molar-refractivity contribution >= 4 is 6.03 Å². The van der Waals surface area contributed by atoms with Gasteiger partial charge in [0.25, 0.3) is 0 Å². The normalized spacial score (nSPS) is 23.9. The third kappa shape index (κ3) is 2.48. The minimum atomic E-state index is -0.595. The van der Waals surface area contributed by atoms with E-state index in [9.17, 15) is 4.79 Å². The van der Waals surface area contributed by atoms with E-state index in [-0.39, 0.29) is 12.1 Å². The molecule has 8 nitrogen and oxygen atoms in total. The van der Waals surface area contributed by atoms with Crippen molar-refractivity contribution in [3.63, 3.8) is 0 Å². The Hall–Kier alpha value is -1.67. The van der Waals surface area contributed by atoms with Crippen molar-refractivity contribution in [2.24, 2.45) is 5.73 Å². The van der Waals surface area contributed by atoms with Gasteiger partial charge in [0.1, 0.15) is 0 Å². The summed E-state index contributed by atoms with van der Waals surface area (Å²) < 4.78 is 5.25. The molecule has 2 amide bonds. The molecule has 2 aliphatic rings. The molecule has 0 aliphatic carbocycles.